The van der Waals surface area contributed by atoms with Crippen LogP contribution in [0.15, 0.2) is 30.5 Å². The van der Waals surface area contributed by atoms with Crippen molar-refractivity contribution in [2.45, 2.75) is 27.2 Å². The molecule has 0 saturated carbocycles. The normalized spacial score (nSPS) is 11.8. The van der Waals surface area contributed by atoms with E-state index in [0.29, 0.717) is 22.6 Å². The summed E-state index contributed by atoms with van der Waals surface area (Å²) in [4.78, 5) is 11.6. The Morgan fingerprint density at radius 1 is 1.37 bits per heavy atom. The summed E-state index contributed by atoms with van der Waals surface area (Å²) < 4.78 is 5.00. The first-order valence-corrected chi connectivity index (χ1v) is 6.25. The highest BCUT2D eigenvalue weighted by atomic mass is 35.5. The van der Waals surface area contributed by atoms with Gasteiger partial charge in [0.15, 0.2) is 0 Å². The quantitative estimate of drug-likeness (QED) is 0.473. The Hall–Kier alpha value is -1.79. The summed E-state index contributed by atoms with van der Waals surface area (Å²) in [5.74, 6) is -0.353. The molecule has 0 amide bonds. The van der Waals surface area contributed by atoms with E-state index in [1.165, 1.54) is 6.26 Å². The van der Waals surface area contributed by atoms with Crippen molar-refractivity contribution in [2.75, 3.05) is 0 Å². The smallest absolute Gasteiger partial charge is 0.311 e. The van der Waals surface area contributed by atoms with Crippen LogP contribution in [0.4, 0.5) is 0 Å². The predicted molar refractivity (Wildman–Crippen MR) is 75.2 cm³/mol. The third kappa shape index (κ3) is 5.58. The van der Waals surface area contributed by atoms with Crippen LogP contribution in [-0.2, 0) is 9.53 Å². The van der Waals surface area contributed by atoms with Gasteiger partial charge in [0.25, 0.3) is 0 Å². The molecule has 1 aromatic rings. The summed E-state index contributed by atoms with van der Waals surface area (Å²) >= 11 is 5.77. The molecule has 0 saturated heterocycles. The largest absolute Gasteiger partial charge is 0.433 e. The van der Waals surface area contributed by atoms with Gasteiger partial charge in [-0.1, -0.05) is 44.5 Å². The maximum Gasteiger partial charge on any atom is 0.311 e. The van der Waals surface area contributed by atoms with Gasteiger partial charge in [-0.15, -0.1) is 0 Å². The first-order valence-electron chi connectivity index (χ1n) is 5.87. The Morgan fingerprint density at radius 2 is 1.95 bits per heavy atom. The van der Waals surface area contributed by atoms with Gasteiger partial charge in [-0.25, -0.2) is 0 Å². The van der Waals surface area contributed by atoms with Crippen molar-refractivity contribution in [3.05, 3.63) is 41.1 Å². The lowest BCUT2D eigenvalue weighted by Crippen LogP contribution is -2.13. The van der Waals surface area contributed by atoms with Crippen molar-refractivity contribution in [1.29, 1.82) is 5.26 Å². The number of ether oxygens (including phenoxy) is 1. The molecule has 0 aliphatic heterocycles. The fourth-order valence-corrected chi connectivity index (χ4v) is 1.51. The first-order chi connectivity index (χ1) is 8.81. The molecule has 100 valence electrons. The number of hydrogen-bond acceptors (Lipinski definition) is 3. The molecule has 0 bridgehead atoms. The number of allylic oxidation sites excluding steroid dienone is 1. The van der Waals surface area contributed by atoms with Gasteiger partial charge < -0.3 is 4.74 Å². The molecule has 0 aromatic heterocycles. The lowest BCUT2D eigenvalue weighted by molar-refractivity contribution is -0.139. The van der Waals surface area contributed by atoms with E-state index in [1.807, 2.05) is 26.8 Å². The van der Waals surface area contributed by atoms with E-state index < -0.39 is 0 Å². The summed E-state index contributed by atoms with van der Waals surface area (Å²) in [7, 11) is 0. The van der Waals surface area contributed by atoms with Gasteiger partial charge in [0.2, 0.25) is 0 Å². The lowest BCUT2D eigenvalue weighted by Gasteiger charge is -2.15. The molecule has 0 spiro atoms. The van der Waals surface area contributed by atoms with E-state index >= 15 is 0 Å². The highest BCUT2D eigenvalue weighted by Gasteiger charge is 2.16. The maximum absolute atomic E-state index is 11.6. The number of carbonyl (C=O) groups excluding carboxylic acids is 1. The van der Waals surface area contributed by atoms with Crippen molar-refractivity contribution in [3.63, 3.8) is 0 Å². The monoisotopic (exact) mass is 277 g/mol. The summed E-state index contributed by atoms with van der Waals surface area (Å²) in [6.45, 7) is 5.84. The van der Waals surface area contributed by atoms with Crippen molar-refractivity contribution in [2.24, 2.45) is 5.41 Å². The zero-order chi connectivity index (χ0) is 14.5. The Morgan fingerprint density at radius 3 is 2.42 bits per heavy atom. The van der Waals surface area contributed by atoms with E-state index in [0.717, 1.165) is 0 Å². The average Bonchev–Trinajstić information content (AvgIpc) is 2.29. The van der Waals surface area contributed by atoms with E-state index in [1.54, 1.807) is 24.3 Å². The number of benzene rings is 1. The zero-order valence-corrected chi connectivity index (χ0v) is 12.0. The van der Waals surface area contributed by atoms with Gasteiger partial charge in [0, 0.05) is 5.02 Å². The van der Waals surface area contributed by atoms with E-state index in [9.17, 15) is 4.79 Å². The Bertz CT molecular complexity index is 519. The second kappa shape index (κ2) is 6.40. The van der Waals surface area contributed by atoms with Gasteiger partial charge in [-0.2, -0.15) is 5.26 Å². The number of esters is 1. The molecule has 1 aromatic carbocycles. The molecule has 4 heteroatoms. The molecular formula is C15H16ClNO2. The standard InChI is InChI=1S/C15H16ClNO2/c1-15(2,3)8-14(18)19-10-12(9-17)11-4-6-13(16)7-5-11/h4-7,10H,8H2,1-3H3/b12-10+. The molecule has 3 nitrogen and oxygen atoms in total. The first kappa shape index (κ1) is 15.3. The van der Waals surface area contributed by atoms with Crippen LogP contribution < -0.4 is 0 Å². The van der Waals surface area contributed by atoms with E-state index in [-0.39, 0.29) is 11.4 Å². The summed E-state index contributed by atoms with van der Waals surface area (Å²) in [5, 5.41) is 9.64. The van der Waals surface area contributed by atoms with Gasteiger partial charge in [-0.3, -0.25) is 4.79 Å². The van der Waals surface area contributed by atoms with Gasteiger partial charge in [0.1, 0.15) is 12.3 Å². The second-order valence-corrected chi connectivity index (χ2v) is 5.81. The van der Waals surface area contributed by atoms with Crippen LogP contribution in [0.3, 0.4) is 0 Å². The van der Waals surface area contributed by atoms with Gasteiger partial charge in [0.05, 0.1) is 12.0 Å². The van der Waals surface area contributed by atoms with Crippen LogP contribution >= 0.6 is 11.6 Å². The second-order valence-electron chi connectivity index (χ2n) is 5.38. The topological polar surface area (TPSA) is 50.1 Å². The molecule has 19 heavy (non-hydrogen) atoms. The number of nitriles is 1. The number of nitrogens with zero attached hydrogens (tertiary/aromatic N) is 1. The Balaban J connectivity index is 2.76. The number of rotatable bonds is 3. The summed E-state index contributed by atoms with van der Waals surface area (Å²) in [5.41, 5.74) is 0.812. The molecule has 0 N–H and O–H groups in total. The Labute approximate surface area is 118 Å². The highest BCUT2D eigenvalue weighted by Crippen LogP contribution is 2.20. The number of hydrogen-bond donors (Lipinski definition) is 0. The van der Waals surface area contributed by atoms with E-state index in [2.05, 4.69) is 0 Å². The molecule has 0 radical (unpaired) electrons. The average molecular weight is 278 g/mol. The minimum atomic E-state index is -0.353. The van der Waals surface area contributed by atoms with Gasteiger partial charge >= 0.3 is 5.97 Å². The molecule has 0 aliphatic carbocycles. The van der Waals surface area contributed by atoms with Crippen molar-refractivity contribution in [1.82, 2.24) is 0 Å². The minimum Gasteiger partial charge on any atom is -0.433 e. The highest BCUT2D eigenvalue weighted by molar-refractivity contribution is 6.30. The maximum atomic E-state index is 11.6. The third-order valence-corrected chi connectivity index (χ3v) is 2.51. The van der Waals surface area contributed by atoms with E-state index in [4.69, 9.17) is 21.6 Å². The van der Waals surface area contributed by atoms with Crippen LogP contribution in [0.2, 0.25) is 5.02 Å². The molecular weight excluding hydrogens is 262 g/mol. The molecule has 0 unspecified atom stereocenters. The fraction of sp³-hybridized carbons (Fsp3) is 0.333. The van der Waals surface area contributed by atoms with Crippen LogP contribution in [0.5, 0.6) is 0 Å². The van der Waals surface area contributed by atoms with Crippen molar-refractivity contribution in [3.8, 4) is 6.07 Å². The number of carbonyl (C=O) groups is 1. The molecule has 0 atom stereocenters. The van der Waals surface area contributed by atoms with Gasteiger partial charge in [-0.05, 0) is 23.1 Å². The van der Waals surface area contributed by atoms with Crippen LogP contribution in [0.1, 0.15) is 32.8 Å². The third-order valence-electron chi connectivity index (χ3n) is 2.26. The fourth-order valence-electron chi connectivity index (χ4n) is 1.39. The molecule has 1 rings (SSSR count). The zero-order valence-electron chi connectivity index (χ0n) is 11.2. The lowest BCUT2D eigenvalue weighted by atomic mass is 9.92. The van der Waals surface area contributed by atoms with Crippen LogP contribution in [0, 0.1) is 16.7 Å². The minimum absolute atomic E-state index is 0.141. The summed E-state index contributed by atoms with van der Waals surface area (Å²) in [6, 6.07) is 8.76. The molecule has 0 fully saturated rings. The van der Waals surface area contributed by atoms with Crippen LogP contribution in [0.25, 0.3) is 5.57 Å². The van der Waals surface area contributed by atoms with Crippen LogP contribution in [-0.4, -0.2) is 5.97 Å². The number of halogens is 1. The predicted octanol–water partition coefficient (Wildman–Crippen LogP) is 4.18. The SMILES string of the molecule is CC(C)(C)CC(=O)O/C=C(\C#N)c1ccc(Cl)cc1. The summed E-state index contributed by atoms with van der Waals surface area (Å²) in [6.07, 6.45) is 1.49. The molecule has 0 heterocycles. The van der Waals surface area contributed by atoms with Crippen molar-refractivity contribution >= 4 is 23.1 Å². The molecule has 0 aliphatic rings. The van der Waals surface area contributed by atoms with Crippen molar-refractivity contribution < 1.29 is 9.53 Å². The Kier molecular flexibility index (Phi) is 5.14.